The van der Waals surface area contributed by atoms with Crippen LogP contribution in [0.4, 0.5) is 4.79 Å². The van der Waals surface area contributed by atoms with Gasteiger partial charge < -0.3 is 14.4 Å². The summed E-state index contributed by atoms with van der Waals surface area (Å²) in [7, 11) is 0. The van der Waals surface area contributed by atoms with E-state index in [1.807, 2.05) is 26.8 Å². The van der Waals surface area contributed by atoms with Gasteiger partial charge in [0.25, 0.3) is 0 Å². The summed E-state index contributed by atoms with van der Waals surface area (Å²) in [6.07, 6.45) is -0.481. The van der Waals surface area contributed by atoms with E-state index in [9.17, 15) is 9.59 Å². The van der Waals surface area contributed by atoms with Crippen LogP contribution in [0.1, 0.15) is 56.1 Å². The van der Waals surface area contributed by atoms with Crippen LogP contribution in [0.3, 0.4) is 0 Å². The number of esters is 1. The molecule has 0 aliphatic carbocycles. The molecule has 2 aromatic rings. The number of ether oxygens (including phenoxy) is 2. The molecule has 2 rings (SSSR count). The van der Waals surface area contributed by atoms with Crippen LogP contribution in [0.15, 0.2) is 36.4 Å². The molecule has 5 nitrogen and oxygen atoms in total. The number of benzene rings is 2. The number of halogens is 1. The highest BCUT2D eigenvalue weighted by Crippen LogP contribution is 2.37. The number of nitrogens with zero attached hydrogens (tertiary/aromatic N) is 1. The average Bonchev–Trinajstić information content (AvgIpc) is 2.65. The molecule has 0 fully saturated rings. The van der Waals surface area contributed by atoms with E-state index >= 15 is 0 Å². The summed E-state index contributed by atoms with van der Waals surface area (Å²) >= 11 is 5.89. The van der Waals surface area contributed by atoms with Gasteiger partial charge in [0.05, 0.1) is 5.56 Å². The molecule has 0 saturated carbocycles. The summed E-state index contributed by atoms with van der Waals surface area (Å²) in [5.41, 5.74) is 1.87. The van der Waals surface area contributed by atoms with Crippen molar-refractivity contribution in [2.24, 2.45) is 0 Å². The fourth-order valence-electron chi connectivity index (χ4n) is 2.76. The summed E-state index contributed by atoms with van der Waals surface area (Å²) in [6.45, 7) is 12.8. The van der Waals surface area contributed by atoms with Crippen molar-refractivity contribution in [2.75, 3.05) is 13.1 Å². The lowest BCUT2D eigenvalue weighted by Crippen LogP contribution is -2.33. The number of amides is 1. The Morgan fingerprint density at radius 1 is 1.00 bits per heavy atom. The van der Waals surface area contributed by atoms with Crippen molar-refractivity contribution in [1.29, 1.82) is 0 Å². The number of hydrogen-bond donors (Lipinski definition) is 0. The first-order chi connectivity index (χ1) is 13.6. The average molecular weight is 418 g/mol. The lowest BCUT2D eigenvalue weighted by atomic mass is 9.86. The maximum Gasteiger partial charge on any atom is 0.415 e. The lowest BCUT2D eigenvalue weighted by molar-refractivity contribution is 0.0726. The molecule has 156 valence electrons. The van der Waals surface area contributed by atoms with Crippen molar-refractivity contribution < 1.29 is 19.1 Å². The van der Waals surface area contributed by atoms with E-state index in [-0.39, 0.29) is 16.9 Å². The number of carbonyl (C=O) groups is 2. The van der Waals surface area contributed by atoms with Gasteiger partial charge in [0.1, 0.15) is 0 Å². The molecule has 0 spiro atoms. The molecule has 0 bridgehead atoms. The minimum absolute atomic E-state index is 0.173. The smallest absolute Gasteiger partial charge is 0.415 e. The third-order valence-electron chi connectivity index (χ3n) is 4.60. The summed E-state index contributed by atoms with van der Waals surface area (Å²) in [6, 6.07) is 10.1. The SMILES string of the molecule is CCN(CC)C(=O)Oc1c(C)cc(C(C)(C)C)cc1OC(=O)c1ccc(Cl)cc1. The van der Waals surface area contributed by atoms with E-state index in [0.29, 0.717) is 23.7 Å². The van der Waals surface area contributed by atoms with E-state index < -0.39 is 12.1 Å². The van der Waals surface area contributed by atoms with Crippen LogP contribution in [-0.2, 0) is 5.41 Å². The van der Waals surface area contributed by atoms with Crippen LogP contribution >= 0.6 is 11.6 Å². The molecule has 0 radical (unpaired) electrons. The first-order valence-corrected chi connectivity index (χ1v) is 10.0. The van der Waals surface area contributed by atoms with Gasteiger partial charge in [-0.3, -0.25) is 0 Å². The molecule has 29 heavy (non-hydrogen) atoms. The Morgan fingerprint density at radius 3 is 2.10 bits per heavy atom. The largest absolute Gasteiger partial charge is 0.419 e. The van der Waals surface area contributed by atoms with E-state index in [2.05, 4.69) is 20.8 Å². The highest BCUT2D eigenvalue weighted by molar-refractivity contribution is 6.30. The Morgan fingerprint density at radius 2 is 1.59 bits per heavy atom. The normalized spacial score (nSPS) is 11.1. The predicted molar refractivity (Wildman–Crippen MR) is 115 cm³/mol. The van der Waals surface area contributed by atoms with E-state index in [1.165, 1.54) is 0 Å². The maximum atomic E-state index is 12.7. The molecule has 0 N–H and O–H groups in total. The zero-order chi connectivity index (χ0) is 21.8. The molecular formula is C23H28ClNO4. The third kappa shape index (κ3) is 5.73. The molecule has 0 aromatic heterocycles. The third-order valence-corrected chi connectivity index (χ3v) is 4.85. The summed E-state index contributed by atoms with van der Waals surface area (Å²) < 4.78 is 11.3. The monoisotopic (exact) mass is 417 g/mol. The van der Waals surface area contributed by atoms with Crippen LogP contribution < -0.4 is 9.47 Å². The molecule has 0 aliphatic rings. The van der Waals surface area contributed by atoms with Gasteiger partial charge in [0.2, 0.25) is 0 Å². The number of carbonyl (C=O) groups excluding carboxylic acids is 2. The molecule has 1 amide bonds. The van der Waals surface area contributed by atoms with Crippen molar-refractivity contribution in [3.8, 4) is 11.5 Å². The predicted octanol–water partition coefficient (Wildman–Crippen LogP) is 6.01. The zero-order valence-corrected chi connectivity index (χ0v) is 18.6. The molecule has 2 aromatic carbocycles. The molecule has 0 saturated heterocycles. The zero-order valence-electron chi connectivity index (χ0n) is 17.8. The second kappa shape index (κ2) is 9.31. The first-order valence-electron chi connectivity index (χ1n) is 9.66. The fourth-order valence-corrected chi connectivity index (χ4v) is 2.89. The molecule has 0 atom stereocenters. The van der Waals surface area contributed by atoms with Gasteiger partial charge in [0, 0.05) is 18.1 Å². The van der Waals surface area contributed by atoms with Gasteiger partial charge in [-0.15, -0.1) is 0 Å². The van der Waals surface area contributed by atoms with Crippen LogP contribution in [0.5, 0.6) is 11.5 Å². The Bertz CT molecular complexity index is 881. The van der Waals surface area contributed by atoms with E-state index in [0.717, 1.165) is 11.1 Å². The Kier molecular flexibility index (Phi) is 7.31. The van der Waals surface area contributed by atoms with E-state index in [4.69, 9.17) is 21.1 Å². The summed E-state index contributed by atoms with van der Waals surface area (Å²) in [5, 5.41) is 0.529. The van der Waals surface area contributed by atoms with Crippen LogP contribution in [-0.4, -0.2) is 30.1 Å². The second-order valence-electron chi connectivity index (χ2n) is 7.81. The molecule has 0 unspecified atom stereocenters. The maximum absolute atomic E-state index is 12.7. The number of rotatable bonds is 5. The van der Waals surface area contributed by atoms with Crippen molar-refractivity contribution in [1.82, 2.24) is 4.90 Å². The topological polar surface area (TPSA) is 55.8 Å². The standard InChI is InChI=1S/C23H28ClNO4/c1-7-25(8-2)22(27)29-20-15(3)13-17(23(4,5)6)14-19(20)28-21(26)16-9-11-18(24)12-10-16/h9-14H,7-8H2,1-6H3. The van der Waals surface area contributed by atoms with Crippen LogP contribution in [0.25, 0.3) is 0 Å². The minimum Gasteiger partial charge on any atom is -0.419 e. The van der Waals surface area contributed by atoms with Crippen LogP contribution in [0, 0.1) is 6.92 Å². The van der Waals surface area contributed by atoms with Gasteiger partial charge in [-0.2, -0.15) is 0 Å². The van der Waals surface area contributed by atoms with Crippen molar-refractivity contribution in [2.45, 2.75) is 47.0 Å². The Labute approximate surface area is 177 Å². The Balaban J connectivity index is 2.45. The highest BCUT2D eigenvalue weighted by atomic mass is 35.5. The Hall–Kier alpha value is -2.53. The van der Waals surface area contributed by atoms with Gasteiger partial charge in [-0.05, 0) is 67.6 Å². The minimum atomic E-state index is -0.549. The van der Waals surface area contributed by atoms with Crippen LogP contribution in [0.2, 0.25) is 5.02 Å². The number of hydrogen-bond acceptors (Lipinski definition) is 4. The van der Waals surface area contributed by atoms with Gasteiger partial charge >= 0.3 is 12.1 Å². The van der Waals surface area contributed by atoms with Gasteiger partial charge in [-0.1, -0.05) is 38.4 Å². The number of aryl methyl sites for hydroxylation is 1. The van der Waals surface area contributed by atoms with Crippen molar-refractivity contribution in [3.05, 3.63) is 58.1 Å². The van der Waals surface area contributed by atoms with Gasteiger partial charge in [0.15, 0.2) is 11.5 Å². The molecule has 0 heterocycles. The molecular weight excluding hydrogens is 390 g/mol. The lowest BCUT2D eigenvalue weighted by Gasteiger charge is -2.24. The van der Waals surface area contributed by atoms with E-state index in [1.54, 1.807) is 35.2 Å². The quantitative estimate of drug-likeness (QED) is 0.441. The first kappa shape index (κ1) is 22.8. The van der Waals surface area contributed by atoms with Gasteiger partial charge in [-0.25, -0.2) is 9.59 Å². The summed E-state index contributed by atoms with van der Waals surface area (Å²) in [5.74, 6) is -0.0835. The molecule has 0 aliphatic heterocycles. The van der Waals surface area contributed by atoms with Crippen molar-refractivity contribution in [3.63, 3.8) is 0 Å². The second-order valence-corrected chi connectivity index (χ2v) is 8.24. The summed E-state index contributed by atoms with van der Waals surface area (Å²) in [4.78, 5) is 26.7. The highest BCUT2D eigenvalue weighted by Gasteiger charge is 2.24. The van der Waals surface area contributed by atoms with Crippen molar-refractivity contribution >= 4 is 23.7 Å². The molecule has 6 heteroatoms. The fraction of sp³-hybridized carbons (Fsp3) is 0.391.